The van der Waals surface area contributed by atoms with Crippen LogP contribution in [0.15, 0.2) is 36.7 Å². The van der Waals surface area contributed by atoms with Gasteiger partial charge in [-0.2, -0.15) is 0 Å². The third-order valence-electron chi connectivity index (χ3n) is 2.80. The Labute approximate surface area is 106 Å². The Kier molecular flexibility index (Phi) is 3.43. The third-order valence-corrected chi connectivity index (χ3v) is 2.80. The van der Waals surface area contributed by atoms with Gasteiger partial charge in [-0.15, -0.1) is 0 Å². The molecule has 0 aliphatic rings. The summed E-state index contributed by atoms with van der Waals surface area (Å²) in [5, 5.41) is 1.16. The van der Waals surface area contributed by atoms with E-state index in [0.717, 1.165) is 16.4 Å². The molecule has 94 valence electrons. The number of para-hydroxylation sites is 1. The predicted molar refractivity (Wildman–Crippen MR) is 67.4 cm³/mol. The van der Waals surface area contributed by atoms with Crippen molar-refractivity contribution >= 4 is 5.91 Å². The second kappa shape index (κ2) is 5.01. The van der Waals surface area contributed by atoms with Crippen molar-refractivity contribution in [3.8, 4) is 5.69 Å². The van der Waals surface area contributed by atoms with E-state index in [0.29, 0.717) is 5.69 Å². The first-order chi connectivity index (χ1) is 8.65. The molecule has 2 rings (SSSR count). The minimum Gasteiger partial charge on any atom is -0.303 e. The summed E-state index contributed by atoms with van der Waals surface area (Å²) >= 11 is 0. The first-order valence-corrected chi connectivity index (χ1v) is 5.56. The molecular weight excluding hydrogens is 230 g/mol. The van der Waals surface area contributed by atoms with Crippen LogP contribution < -0.4 is 0 Å². The standard InChI is InChI=1S/C13H15N3O2/c1-10-12(13(17)15(2)18-3)14-9-16(10)11-7-5-4-6-8-11/h4-9H,1-3H3. The highest BCUT2D eigenvalue weighted by Crippen LogP contribution is 2.14. The molecule has 0 atom stereocenters. The van der Waals surface area contributed by atoms with E-state index in [2.05, 4.69) is 4.98 Å². The average molecular weight is 245 g/mol. The van der Waals surface area contributed by atoms with Crippen molar-refractivity contribution in [2.24, 2.45) is 0 Å². The van der Waals surface area contributed by atoms with Gasteiger partial charge in [0.1, 0.15) is 6.33 Å². The van der Waals surface area contributed by atoms with E-state index in [4.69, 9.17) is 4.84 Å². The number of hydrogen-bond acceptors (Lipinski definition) is 3. The van der Waals surface area contributed by atoms with Gasteiger partial charge in [0.2, 0.25) is 0 Å². The summed E-state index contributed by atoms with van der Waals surface area (Å²) in [4.78, 5) is 21.0. The maximum atomic E-state index is 12.0. The van der Waals surface area contributed by atoms with Gasteiger partial charge in [-0.1, -0.05) is 18.2 Å². The van der Waals surface area contributed by atoms with E-state index >= 15 is 0 Å². The van der Waals surface area contributed by atoms with Crippen molar-refractivity contribution in [1.82, 2.24) is 14.6 Å². The normalized spacial score (nSPS) is 10.4. The molecule has 1 aromatic carbocycles. The van der Waals surface area contributed by atoms with E-state index in [1.165, 1.54) is 7.11 Å². The predicted octanol–water partition coefficient (Wildman–Crippen LogP) is 1.81. The number of nitrogens with zero attached hydrogens (tertiary/aromatic N) is 3. The zero-order valence-electron chi connectivity index (χ0n) is 10.6. The molecule has 5 nitrogen and oxygen atoms in total. The number of aromatic nitrogens is 2. The van der Waals surface area contributed by atoms with Crippen LogP contribution in [0.5, 0.6) is 0 Å². The molecule has 0 saturated carbocycles. The molecule has 0 radical (unpaired) electrons. The SMILES string of the molecule is CON(C)C(=O)c1ncn(-c2ccccc2)c1C. The molecule has 0 fully saturated rings. The Balaban J connectivity index is 2.38. The van der Waals surface area contributed by atoms with Crippen molar-refractivity contribution in [2.75, 3.05) is 14.2 Å². The van der Waals surface area contributed by atoms with Crippen LogP contribution in [0.1, 0.15) is 16.2 Å². The quantitative estimate of drug-likeness (QED) is 0.775. The lowest BCUT2D eigenvalue weighted by atomic mass is 10.3. The number of rotatable bonds is 3. The van der Waals surface area contributed by atoms with Crippen LogP contribution in [-0.4, -0.2) is 34.7 Å². The van der Waals surface area contributed by atoms with Crippen molar-refractivity contribution < 1.29 is 9.63 Å². The van der Waals surface area contributed by atoms with Crippen LogP contribution in [0.2, 0.25) is 0 Å². The molecule has 0 N–H and O–H groups in total. The number of benzene rings is 1. The van der Waals surface area contributed by atoms with Crippen molar-refractivity contribution in [2.45, 2.75) is 6.92 Å². The van der Waals surface area contributed by atoms with Crippen molar-refractivity contribution in [3.05, 3.63) is 48.0 Å². The fourth-order valence-electron chi connectivity index (χ4n) is 1.70. The van der Waals surface area contributed by atoms with Crippen molar-refractivity contribution in [1.29, 1.82) is 0 Å². The zero-order valence-corrected chi connectivity index (χ0v) is 10.6. The van der Waals surface area contributed by atoms with E-state index in [9.17, 15) is 4.79 Å². The van der Waals surface area contributed by atoms with E-state index < -0.39 is 0 Å². The highest BCUT2D eigenvalue weighted by Gasteiger charge is 2.19. The minimum atomic E-state index is -0.260. The molecule has 18 heavy (non-hydrogen) atoms. The average Bonchev–Trinajstić information content (AvgIpc) is 2.80. The third kappa shape index (κ3) is 2.12. The molecule has 0 spiro atoms. The van der Waals surface area contributed by atoms with Gasteiger partial charge < -0.3 is 4.57 Å². The summed E-state index contributed by atoms with van der Waals surface area (Å²) in [6.07, 6.45) is 1.64. The van der Waals surface area contributed by atoms with Crippen LogP contribution in [0.4, 0.5) is 0 Å². The van der Waals surface area contributed by atoms with E-state index in [1.54, 1.807) is 13.4 Å². The number of hydroxylamine groups is 2. The lowest BCUT2D eigenvalue weighted by molar-refractivity contribution is -0.0760. The molecule has 0 unspecified atom stereocenters. The molecule has 2 aromatic rings. The fraction of sp³-hybridized carbons (Fsp3) is 0.231. The van der Waals surface area contributed by atoms with Crippen molar-refractivity contribution in [3.63, 3.8) is 0 Å². The summed E-state index contributed by atoms with van der Waals surface area (Å²) in [5.74, 6) is -0.260. The monoisotopic (exact) mass is 245 g/mol. The molecule has 5 heteroatoms. The van der Waals surface area contributed by atoms with Gasteiger partial charge in [0.05, 0.1) is 12.8 Å². The van der Waals surface area contributed by atoms with Gasteiger partial charge in [-0.3, -0.25) is 9.63 Å². The van der Waals surface area contributed by atoms with Gasteiger partial charge in [0.15, 0.2) is 5.69 Å². The zero-order chi connectivity index (χ0) is 13.1. The summed E-state index contributed by atoms with van der Waals surface area (Å²) in [5.41, 5.74) is 2.15. The second-order valence-corrected chi connectivity index (χ2v) is 3.87. The summed E-state index contributed by atoms with van der Waals surface area (Å²) in [7, 11) is 3.00. The topological polar surface area (TPSA) is 47.4 Å². The number of hydrogen-bond donors (Lipinski definition) is 0. The Hall–Kier alpha value is -2.14. The Morgan fingerprint density at radius 2 is 2.00 bits per heavy atom. The summed E-state index contributed by atoms with van der Waals surface area (Å²) < 4.78 is 1.87. The highest BCUT2D eigenvalue weighted by atomic mass is 16.7. The Morgan fingerprint density at radius 3 is 2.61 bits per heavy atom. The van der Waals surface area contributed by atoms with Crippen LogP contribution in [0.25, 0.3) is 5.69 Å². The van der Waals surface area contributed by atoms with Crippen LogP contribution in [0.3, 0.4) is 0 Å². The molecule has 1 aromatic heterocycles. The number of amides is 1. The number of carbonyl (C=O) groups excluding carboxylic acids is 1. The second-order valence-electron chi connectivity index (χ2n) is 3.87. The molecule has 0 bridgehead atoms. The number of carbonyl (C=O) groups is 1. The molecule has 1 amide bonds. The van der Waals surface area contributed by atoms with Gasteiger partial charge >= 0.3 is 0 Å². The van der Waals surface area contributed by atoms with Crippen LogP contribution >= 0.6 is 0 Å². The largest absolute Gasteiger partial charge is 0.303 e. The van der Waals surface area contributed by atoms with E-state index in [-0.39, 0.29) is 5.91 Å². The minimum absolute atomic E-state index is 0.260. The molecule has 0 aliphatic carbocycles. The van der Waals surface area contributed by atoms with Gasteiger partial charge in [-0.05, 0) is 19.1 Å². The Morgan fingerprint density at radius 1 is 1.33 bits per heavy atom. The van der Waals surface area contributed by atoms with Gasteiger partial charge in [-0.25, -0.2) is 10.0 Å². The molecule has 0 saturated heterocycles. The van der Waals surface area contributed by atoms with Crippen LogP contribution in [-0.2, 0) is 4.84 Å². The first kappa shape index (κ1) is 12.3. The molecule has 1 heterocycles. The number of imidazole rings is 1. The molecular formula is C13H15N3O2. The maximum absolute atomic E-state index is 12.0. The van der Waals surface area contributed by atoms with Gasteiger partial charge in [0, 0.05) is 12.7 Å². The first-order valence-electron chi connectivity index (χ1n) is 5.56. The lowest BCUT2D eigenvalue weighted by Gasteiger charge is -2.12. The molecule has 0 aliphatic heterocycles. The lowest BCUT2D eigenvalue weighted by Crippen LogP contribution is -2.26. The fourth-order valence-corrected chi connectivity index (χ4v) is 1.70. The summed E-state index contributed by atoms with van der Waals surface area (Å²) in [6, 6.07) is 9.75. The van der Waals surface area contributed by atoms with Gasteiger partial charge in [0.25, 0.3) is 5.91 Å². The smallest absolute Gasteiger partial charge is 0.297 e. The van der Waals surface area contributed by atoms with E-state index in [1.807, 2.05) is 41.8 Å². The maximum Gasteiger partial charge on any atom is 0.297 e. The summed E-state index contributed by atoms with van der Waals surface area (Å²) in [6.45, 7) is 1.86. The van der Waals surface area contributed by atoms with Crippen LogP contribution in [0, 0.1) is 6.92 Å². The Bertz CT molecular complexity index is 549. The highest BCUT2D eigenvalue weighted by molar-refractivity contribution is 5.92.